The SMILES string of the molecule is CC(C)Oc1ccc(C(C)C(O)C(=O)O)cc1. The first-order valence-electron chi connectivity index (χ1n) is 5.59. The van der Waals surface area contributed by atoms with Crippen LogP contribution < -0.4 is 4.74 Å². The number of carbonyl (C=O) groups is 1. The molecule has 0 amide bonds. The first kappa shape index (κ1) is 13.5. The zero-order chi connectivity index (χ0) is 13.0. The molecule has 0 aliphatic carbocycles. The van der Waals surface area contributed by atoms with Gasteiger partial charge in [0.05, 0.1) is 6.10 Å². The van der Waals surface area contributed by atoms with E-state index in [9.17, 15) is 9.90 Å². The Bertz CT molecular complexity index is 370. The number of aliphatic carboxylic acids is 1. The topological polar surface area (TPSA) is 66.8 Å². The van der Waals surface area contributed by atoms with Crippen LogP contribution in [0.25, 0.3) is 0 Å². The van der Waals surface area contributed by atoms with Crippen LogP contribution in [-0.4, -0.2) is 28.4 Å². The van der Waals surface area contributed by atoms with Gasteiger partial charge in [0.15, 0.2) is 6.10 Å². The third-order valence-corrected chi connectivity index (χ3v) is 2.50. The van der Waals surface area contributed by atoms with Crippen molar-refractivity contribution in [3.63, 3.8) is 0 Å². The quantitative estimate of drug-likeness (QED) is 0.823. The fourth-order valence-corrected chi connectivity index (χ4v) is 1.52. The number of ether oxygens (including phenoxy) is 1. The largest absolute Gasteiger partial charge is 0.491 e. The highest BCUT2D eigenvalue weighted by Gasteiger charge is 2.22. The molecule has 17 heavy (non-hydrogen) atoms. The van der Waals surface area contributed by atoms with Gasteiger partial charge >= 0.3 is 5.97 Å². The molecule has 1 aromatic rings. The summed E-state index contributed by atoms with van der Waals surface area (Å²) in [5.41, 5.74) is 0.774. The van der Waals surface area contributed by atoms with Gasteiger partial charge in [-0.25, -0.2) is 4.79 Å². The van der Waals surface area contributed by atoms with Crippen molar-refractivity contribution in [3.8, 4) is 5.75 Å². The van der Waals surface area contributed by atoms with Crippen LogP contribution in [-0.2, 0) is 4.79 Å². The van der Waals surface area contributed by atoms with Crippen LogP contribution in [0.4, 0.5) is 0 Å². The molecule has 2 atom stereocenters. The Labute approximate surface area is 101 Å². The van der Waals surface area contributed by atoms with Crippen LogP contribution in [0.1, 0.15) is 32.3 Å². The summed E-state index contributed by atoms with van der Waals surface area (Å²) >= 11 is 0. The lowest BCUT2D eigenvalue weighted by Crippen LogP contribution is -2.25. The lowest BCUT2D eigenvalue weighted by molar-refractivity contribution is -0.147. The molecular formula is C13H18O4. The van der Waals surface area contributed by atoms with Crippen molar-refractivity contribution in [3.05, 3.63) is 29.8 Å². The summed E-state index contributed by atoms with van der Waals surface area (Å²) in [5.74, 6) is -0.915. The minimum Gasteiger partial charge on any atom is -0.491 e. The van der Waals surface area contributed by atoms with Crippen LogP contribution in [0.3, 0.4) is 0 Å². The van der Waals surface area contributed by atoms with E-state index >= 15 is 0 Å². The van der Waals surface area contributed by atoms with Crippen molar-refractivity contribution in [1.82, 2.24) is 0 Å². The highest BCUT2D eigenvalue weighted by Crippen LogP contribution is 2.22. The van der Waals surface area contributed by atoms with Crippen molar-refractivity contribution in [2.24, 2.45) is 0 Å². The Hall–Kier alpha value is -1.55. The van der Waals surface area contributed by atoms with Gasteiger partial charge < -0.3 is 14.9 Å². The molecule has 0 spiro atoms. The van der Waals surface area contributed by atoms with Gasteiger partial charge in [0, 0.05) is 5.92 Å². The maximum atomic E-state index is 10.7. The maximum Gasteiger partial charge on any atom is 0.333 e. The molecule has 0 bridgehead atoms. The van der Waals surface area contributed by atoms with Crippen molar-refractivity contribution in [2.75, 3.05) is 0 Å². The Morgan fingerprint density at radius 3 is 2.12 bits per heavy atom. The van der Waals surface area contributed by atoms with Crippen LogP contribution in [0.2, 0.25) is 0 Å². The van der Waals surface area contributed by atoms with E-state index in [4.69, 9.17) is 9.84 Å². The molecule has 94 valence electrons. The predicted octanol–water partition coefficient (Wildman–Crippen LogP) is 2.02. The minimum atomic E-state index is -1.38. The van der Waals surface area contributed by atoms with E-state index in [-0.39, 0.29) is 6.10 Å². The molecule has 0 fully saturated rings. The van der Waals surface area contributed by atoms with E-state index in [1.54, 1.807) is 31.2 Å². The van der Waals surface area contributed by atoms with Gasteiger partial charge in [0.2, 0.25) is 0 Å². The number of rotatable bonds is 5. The Kier molecular flexibility index (Phi) is 4.52. The number of carboxylic acids is 1. The molecule has 0 radical (unpaired) electrons. The summed E-state index contributed by atoms with van der Waals surface area (Å²) < 4.78 is 5.48. The van der Waals surface area contributed by atoms with Crippen LogP contribution >= 0.6 is 0 Å². The molecule has 1 rings (SSSR count). The molecule has 4 nitrogen and oxygen atoms in total. The molecule has 0 saturated carbocycles. The summed E-state index contributed by atoms with van der Waals surface area (Å²) in [7, 11) is 0. The third-order valence-electron chi connectivity index (χ3n) is 2.50. The number of aliphatic hydroxyl groups is 1. The Morgan fingerprint density at radius 2 is 1.71 bits per heavy atom. The highest BCUT2D eigenvalue weighted by atomic mass is 16.5. The normalized spacial score (nSPS) is 14.4. The number of hydrogen-bond donors (Lipinski definition) is 2. The highest BCUT2D eigenvalue weighted by molar-refractivity contribution is 5.73. The summed E-state index contributed by atoms with van der Waals surface area (Å²) in [6, 6.07) is 7.10. The van der Waals surface area contributed by atoms with Gasteiger partial charge in [-0.15, -0.1) is 0 Å². The second-order valence-electron chi connectivity index (χ2n) is 4.31. The summed E-state index contributed by atoms with van der Waals surface area (Å²) in [4.78, 5) is 10.7. The average Bonchev–Trinajstić information content (AvgIpc) is 2.27. The first-order chi connectivity index (χ1) is 7.91. The van der Waals surface area contributed by atoms with Crippen LogP contribution in [0.5, 0.6) is 5.75 Å². The van der Waals surface area contributed by atoms with Gasteiger partial charge in [0.1, 0.15) is 5.75 Å². The molecule has 0 aliphatic heterocycles. The van der Waals surface area contributed by atoms with Crippen LogP contribution in [0, 0.1) is 0 Å². The lowest BCUT2D eigenvalue weighted by Gasteiger charge is -2.16. The van der Waals surface area contributed by atoms with Crippen molar-refractivity contribution in [1.29, 1.82) is 0 Å². The third kappa shape index (κ3) is 3.75. The maximum absolute atomic E-state index is 10.7. The smallest absolute Gasteiger partial charge is 0.333 e. The van der Waals surface area contributed by atoms with Gasteiger partial charge in [-0.1, -0.05) is 19.1 Å². The standard InChI is InChI=1S/C13H18O4/c1-8(2)17-11-6-4-10(5-7-11)9(3)12(14)13(15)16/h4-9,12,14H,1-3H3,(H,15,16). The van der Waals surface area contributed by atoms with Crippen molar-refractivity contribution < 1.29 is 19.7 Å². The first-order valence-corrected chi connectivity index (χ1v) is 5.59. The fraction of sp³-hybridized carbons (Fsp3) is 0.462. The van der Waals surface area contributed by atoms with E-state index in [2.05, 4.69) is 0 Å². The number of aliphatic hydroxyl groups excluding tert-OH is 1. The average molecular weight is 238 g/mol. The molecule has 0 aromatic heterocycles. The zero-order valence-corrected chi connectivity index (χ0v) is 10.3. The van der Waals surface area contributed by atoms with Crippen molar-refractivity contribution in [2.45, 2.75) is 38.9 Å². The molecule has 0 heterocycles. The van der Waals surface area contributed by atoms with E-state index in [0.717, 1.165) is 11.3 Å². The molecule has 2 unspecified atom stereocenters. The molecule has 2 N–H and O–H groups in total. The molecule has 4 heteroatoms. The van der Waals surface area contributed by atoms with Gasteiger partial charge in [-0.05, 0) is 31.5 Å². The lowest BCUT2D eigenvalue weighted by atomic mass is 9.95. The molecule has 0 aliphatic rings. The van der Waals surface area contributed by atoms with E-state index in [1.165, 1.54) is 0 Å². The minimum absolute atomic E-state index is 0.0999. The monoisotopic (exact) mass is 238 g/mol. The summed E-state index contributed by atoms with van der Waals surface area (Å²) in [6.07, 6.45) is -1.28. The molecule has 1 aromatic carbocycles. The summed E-state index contributed by atoms with van der Waals surface area (Å²) in [5, 5.41) is 18.1. The van der Waals surface area contributed by atoms with E-state index in [1.807, 2.05) is 13.8 Å². The number of carboxylic acid groups (broad SMARTS) is 1. The Balaban J connectivity index is 2.76. The van der Waals surface area contributed by atoms with Crippen LogP contribution in [0.15, 0.2) is 24.3 Å². The van der Waals surface area contributed by atoms with Gasteiger partial charge in [-0.2, -0.15) is 0 Å². The number of hydrogen-bond acceptors (Lipinski definition) is 3. The fourth-order valence-electron chi connectivity index (χ4n) is 1.52. The second kappa shape index (κ2) is 5.68. The van der Waals surface area contributed by atoms with Gasteiger partial charge in [0.25, 0.3) is 0 Å². The van der Waals surface area contributed by atoms with Crippen molar-refractivity contribution >= 4 is 5.97 Å². The van der Waals surface area contributed by atoms with E-state index in [0.29, 0.717) is 0 Å². The summed E-state index contributed by atoms with van der Waals surface area (Å²) in [6.45, 7) is 5.55. The zero-order valence-electron chi connectivity index (χ0n) is 10.3. The second-order valence-corrected chi connectivity index (χ2v) is 4.31. The van der Waals surface area contributed by atoms with E-state index < -0.39 is 18.0 Å². The Morgan fingerprint density at radius 1 is 1.18 bits per heavy atom. The van der Waals surface area contributed by atoms with Gasteiger partial charge in [-0.3, -0.25) is 0 Å². The predicted molar refractivity (Wildman–Crippen MR) is 64.3 cm³/mol. The molecular weight excluding hydrogens is 220 g/mol. The number of benzene rings is 1. The molecule has 0 saturated heterocycles.